The fraction of sp³-hybridized carbons (Fsp3) is 0.0769. The minimum Gasteiger partial charge on any atom is -0.424 e. The van der Waals surface area contributed by atoms with Crippen molar-refractivity contribution in [2.75, 3.05) is 5.32 Å². The predicted octanol–water partition coefficient (Wildman–Crippen LogP) is 6.26. The molecule has 34 heavy (non-hydrogen) atoms. The average molecular weight is 493 g/mol. The van der Waals surface area contributed by atoms with Crippen LogP contribution in [0.5, 0.6) is 5.75 Å². The molecular weight excluding hydrogens is 475 g/mol. The van der Waals surface area contributed by atoms with Crippen molar-refractivity contribution >= 4 is 57.3 Å². The summed E-state index contributed by atoms with van der Waals surface area (Å²) in [5.74, 6) is -0.880. The molecule has 1 amide bonds. The quantitative estimate of drug-likeness (QED) is 0.262. The molecule has 6 nitrogen and oxygen atoms in total. The van der Waals surface area contributed by atoms with Gasteiger partial charge < -0.3 is 10.1 Å². The van der Waals surface area contributed by atoms with Gasteiger partial charge in [0.15, 0.2) is 5.75 Å². The number of hydrogen-bond acceptors (Lipinski definition) is 5. The third kappa shape index (κ3) is 4.78. The van der Waals surface area contributed by atoms with Crippen molar-refractivity contribution in [3.8, 4) is 5.75 Å². The van der Waals surface area contributed by atoms with E-state index in [4.69, 9.17) is 27.9 Å². The summed E-state index contributed by atoms with van der Waals surface area (Å²) in [5.41, 5.74) is 1.73. The van der Waals surface area contributed by atoms with Crippen molar-refractivity contribution in [1.82, 2.24) is 4.98 Å². The molecular formula is C26H18Cl2N2O4. The number of aryl methyl sites for hydroxylation is 1. The van der Waals surface area contributed by atoms with Crippen molar-refractivity contribution in [3.05, 3.63) is 99.3 Å². The number of halogens is 2. The number of benzene rings is 3. The van der Waals surface area contributed by atoms with Crippen molar-refractivity contribution in [2.24, 2.45) is 0 Å². The molecule has 170 valence electrons. The van der Waals surface area contributed by atoms with E-state index in [2.05, 4.69) is 10.3 Å². The molecule has 0 spiro atoms. The lowest BCUT2D eigenvalue weighted by Gasteiger charge is -2.13. The Kier molecular flexibility index (Phi) is 6.63. The van der Waals surface area contributed by atoms with Crippen LogP contribution in [-0.4, -0.2) is 22.6 Å². The maximum absolute atomic E-state index is 13.4. The molecule has 0 saturated carbocycles. The van der Waals surface area contributed by atoms with Gasteiger partial charge in [0.1, 0.15) is 5.69 Å². The van der Waals surface area contributed by atoms with Gasteiger partial charge in [-0.05, 0) is 37.3 Å². The highest BCUT2D eigenvalue weighted by molar-refractivity contribution is 6.42. The number of nitrogens with zero attached hydrogens (tertiary/aromatic N) is 1. The Morgan fingerprint density at radius 2 is 1.59 bits per heavy atom. The van der Waals surface area contributed by atoms with Crippen LogP contribution in [0.15, 0.2) is 66.7 Å². The second kappa shape index (κ2) is 9.63. The lowest BCUT2D eigenvalue weighted by molar-refractivity contribution is -0.131. The molecule has 0 radical (unpaired) electrons. The van der Waals surface area contributed by atoms with E-state index in [9.17, 15) is 14.4 Å². The van der Waals surface area contributed by atoms with Gasteiger partial charge in [-0.2, -0.15) is 0 Å². The normalized spacial score (nSPS) is 10.7. The maximum Gasteiger partial charge on any atom is 0.308 e. The van der Waals surface area contributed by atoms with Crippen LogP contribution < -0.4 is 10.1 Å². The summed E-state index contributed by atoms with van der Waals surface area (Å²) in [6.07, 6.45) is 0. The van der Waals surface area contributed by atoms with Crippen LogP contribution in [0.4, 0.5) is 5.69 Å². The Bertz CT molecular complexity index is 1470. The fourth-order valence-corrected chi connectivity index (χ4v) is 3.82. The molecule has 0 aliphatic rings. The summed E-state index contributed by atoms with van der Waals surface area (Å²) in [5, 5.41) is 4.54. The number of rotatable bonds is 5. The first kappa shape index (κ1) is 23.4. The number of esters is 1. The number of ketones is 1. The van der Waals surface area contributed by atoms with E-state index < -0.39 is 11.9 Å². The Morgan fingerprint density at radius 3 is 2.29 bits per heavy atom. The van der Waals surface area contributed by atoms with Crippen LogP contribution in [0.2, 0.25) is 10.0 Å². The van der Waals surface area contributed by atoms with Crippen LogP contribution >= 0.6 is 23.2 Å². The number of nitrogens with one attached hydrogen (secondary N) is 1. The van der Waals surface area contributed by atoms with Crippen molar-refractivity contribution in [2.45, 2.75) is 13.8 Å². The zero-order valence-electron chi connectivity index (χ0n) is 18.2. The van der Waals surface area contributed by atoms with Crippen LogP contribution in [0, 0.1) is 6.92 Å². The van der Waals surface area contributed by atoms with E-state index in [1.165, 1.54) is 19.1 Å². The van der Waals surface area contributed by atoms with E-state index >= 15 is 0 Å². The first-order chi connectivity index (χ1) is 16.2. The Labute approximate surface area is 205 Å². The maximum atomic E-state index is 13.4. The fourth-order valence-electron chi connectivity index (χ4n) is 3.52. The molecule has 1 N–H and O–H groups in total. The highest BCUT2D eigenvalue weighted by Gasteiger charge is 2.20. The molecule has 4 aromatic rings. The second-order valence-electron chi connectivity index (χ2n) is 7.51. The zero-order valence-corrected chi connectivity index (χ0v) is 19.7. The van der Waals surface area contributed by atoms with Gasteiger partial charge in [-0.15, -0.1) is 0 Å². The first-order valence-electron chi connectivity index (χ1n) is 10.2. The van der Waals surface area contributed by atoms with Crippen LogP contribution in [-0.2, 0) is 4.79 Å². The topological polar surface area (TPSA) is 85.4 Å². The molecule has 0 unspecified atom stereocenters. The van der Waals surface area contributed by atoms with Gasteiger partial charge >= 0.3 is 5.97 Å². The Balaban J connectivity index is 1.68. The van der Waals surface area contributed by atoms with E-state index in [-0.39, 0.29) is 16.5 Å². The molecule has 0 saturated heterocycles. The van der Waals surface area contributed by atoms with Gasteiger partial charge in [0.05, 0.1) is 15.7 Å². The molecule has 0 aliphatic carbocycles. The summed E-state index contributed by atoms with van der Waals surface area (Å²) in [4.78, 5) is 42.0. The average Bonchev–Trinajstić information content (AvgIpc) is 2.82. The Morgan fingerprint density at radius 1 is 0.853 bits per heavy atom. The summed E-state index contributed by atoms with van der Waals surface area (Å²) >= 11 is 11.9. The SMILES string of the molecule is CC(=O)Oc1c(C)nc(C(=O)c2cccc(NC(=O)c3ccc(Cl)c(Cl)c3)c2)c2ccccc12. The number of aromatic nitrogens is 1. The molecule has 4 rings (SSSR count). The minimum atomic E-state index is -0.473. The summed E-state index contributed by atoms with van der Waals surface area (Å²) < 4.78 is 5.34. The molecule has 1 aromatic heterocycles. The van der Waals surface area contributed by atoms with Gasteiger partial charge in [-0.1, -0.05) is 59.6 Å². The smallest absolute Gasteiger partial charge is 0.308 e. The predicted molar refractivity (Wildman–Crippen MR) is 132 cm³/mol. The lowest BCUT2D eigenvalue weighted by Crippen LogP contribution is -2.13. The number of fused-ring (bicyclic) bond motifs is 1. The van der Waals surface area contributed by atoms with Crippen molar-refractivity contribution in [3.63, 3.8) is 0 Å². The van der Waals surface area contributed by atoms with E-state index in [0.29, 0.717) is 44.1 Å². The summed E-state index contributed by atoms with van der Waals surface area (Å²) in [6.45, 7) is 2.99. The highest BCUT2D eigenvalue weighted by atomic mass is 35.5. The van der Waals surface area contributed by atoms with Crippen LogP contribution in [0.25, 0.3) is 10.8 Å². The number of carbonyl (C=O) groups excluding carboxylic acids is 3. The number of anilines is 1. The first-order valence-corrected chi connectivity index (χ1v) is 11.0. The molecule has 1 heterocycles. The van der Waals surface area contributed by atoms with E-state index in [1.54, 1.807) is 61.5 Å². The second-order valence-corrected chi connectivity index (χ2v) is 8.32. The number of pyridine rings is 1. The third-order valence-corrected chi connectivity index (χ3v) is 5.80. The number of carbonyl (C=O) groups is 3. The zero-order chi connectivity index (χ0) is 24.4. The molecule has 0 bridgehead atoms. The van der Waals surface area contributed by atoms with E-state index in [0.717, 1.165) is 0 Å². The molecule has 8 heteroatoms. The minimum absolute atomic E-state index is 0.219. The number of hydrogen-bond donors (Lipinski definition) is 1. The molecule has 0 atom stereocenters. The van der Waals surface area contributed by atoms with Gasteiger partial charge in [-0.25, -0.2) is 4.98 Å². The van der Waals surface area contributed by atoms with Crippen molar-refractivity contribution < 1.29 is 19.1 Å². The molecule has 3 aromatic carbocycles. The van der Waals surface area contributed by atoms with Crippen molar-refractivity contribution in [1.29, 1.82) is 0 Å². The molecule has 0 fully saturated rings. The van der Waals surface area contributed by atoms with Gasteiger partial charge in [0.2, 0.25) is 5.78 Å². The lowest BCUT2D eigenvalue weighted by atomic mass is 10.0. The Hall–Kier alpha value is -3.74. The van der Waals surface area contributed by atoms with Gasteiger partial charge in [0.25, 0.3) is 5.91 Å². The summed E-state index contributed by atoms with van der Waals surface area (Å²) in [6, 6.07) is 18.2. The monoisotopic (exact) mass is 492 g/mol. The summed E-state index contributed by atoms with van der Waals surface area (Å²) in [7, 11) is 0. The van der Waals surface area contributed by atoms with Crippen LogP contribution in [0.1, 0.15) is 39.0 Å². The standard InChI is InChI=1S/C26H18Cl2N2O4/c1-14-25(34-15(2)31)20-9-4-3-8-19(20)23(29-14)24(32)16-6-5-7-18(12-16)30-26(33)17-10-11-21(27)22(28)13-17/h3-13H,1-2H3,(H,30,33). The van der Waals surface area contributed by atoms with Gasteiger partial charge in [0, 0.05) is 34.5 Å². The number of ether oxygens (including phenoxy) is 1. The van der Waals surface area contributed by atoms with E-state index in [1.807, 2.05) is 0 Å². The van der Waals surface area contributed by atoms with Crippen LogP contribution in [0.3, 0.4) is 0 Å². The largest absolute Gasteiger partial charge is 0.424 e. The third-order valence-electron chi connectivity index (χ3n) is 5.06. The molecule has 0 aliphatic heterocycles. The highest BCUT2D eigenvalue weighted by Crippen LogP contribution is 2.32. The van der Waals surface area contributed by atoms with Gasteiger partial charge in [-0.3, -0.25) is 14.4 Å². The number of amides is 1.